The van der Waals surface area contributed by atoms with E-state index in [-0.39, 0.29) is 12.1 Å². The molecule has 2 aromatic rings. The van der Waals surface area contributed by atoms with Crippen LogP contribution in [0.5, 0.6) is 0 Å². The third-order valence-corrected chi connectivity index (χ3v) is 3.96. The van der Waals surface area contributed by atoms with Gasteiger partial charge in [0.2, 0.25) is 0 Å². The summed E-state index contributed by atoms with van der Waals surface area (Å²) in [7, 11) is 0. The molecule has 1 unspecified atom stereocenters. The number of benzene rings is 1. The molecule has 0 amide bonds. The smallest absolute Gasteiger partial charge is 0.186 e. The van der Waals surface area contributed by atoms with E-state index in [9.17, 15) is 17.6 Å². The molecule has 1 aliphatic carbocycles. The van der Waals surface area contributed by atoms with E-state index < -0.39 is 29.0 Å². The molecule has 0 fully saturated rings. The average molecular weight is 298 g/mol. The van der Waals surface area contributed by atoms with Crippen molar-refractivity contribution in [1.29, 1.82) is 0 Å². The van der Waals surface area contributed by atoms with Crippen LogP contribution < -0.4 is 5.73 Å². The van der Waals surface area contributed by atoms with E-state index in [2.05, 4.69) is 0 Å². The number of fused-ring (bicyclic) bond motifs is 1. The normalized spacial score (nSPS) is 17.9. The van der Waals surface area contributed by atoms with Gasteiger partial charge < -0.3 is 10.3 Å². The van der Waals surface area contributed by atoms with E-state index in [0.717, 1.165) is 18.4 Å². The Morgan fingerprint density at radius 1 is 1.10 bits per heavy atom. The van der Waals surface area contributed by atoms with E-state index in [4.69, 9.17) is 5.73 Å². The summed E-state index contributed by atoms with van der Waals surface area (Å²) in [5, 5.41) is 0. The van der Waals surface area contributed by atoms with Crippen LogP contribution >= 0.6 is 0 Å². The van der Waals surface area contributed by atoms with Gasteiger partial charge in [-0.3, -0.25) is 0 Å². The second-order valence-corrected chi connectivity index (χ2v) is 5.34. The average Bonchev–Trinajstić information content (AvgIpc) is 2.76. The number of aryl methyl sites for hydroxylation is 1. The molecular weight excluding hydrogens is 284 g/mol. The zero-order chi connectivity index (χ0) is 15.3. The van der Waals surface area contributed by atoms with Crippen molar-refractivity contribution in [3.63, 3.8) is 0 Å². The van der Waals surface area contributed by atoms with Crippen LogP contribution in [0.4, 0.5) is 17.6 Å². The van der Waals surface area contributed by atoms with Crippen molar-refractivity contribution in [1.82, 2.24) is 4.57 Å². The van der Waals surface area contributed by atoms with Crippen molar-refractivity contribution in [2.24, 2.45) is 5.73 Å². The first kappa shape index (κ1) is 14.1. The van der Waals surface area contributed by atoms with Crippen molar-refractivity contribution < 1.29 is 17.6 Å². The molecule has 6 heteroatoms. The maximum atomic E-state index is 14.0. The molecule has 0 spiro atoms. The largest absolute Gasteiger partial charge is 0.324 e. The Labute approximate surface area is 119 Å². The number of hydrogen-bond donors (Lipinski definition) is 1. The van der Waals surface area contributed by atoms with E-state index in [1.165, 1.54) is 4.57 Å². The Bertz CT molecular complexity index is 695. The van der Waals surface area contributed by atoms with Gasteiger partial charge in [0.1, 0.15) is 5.69 Å². The molecule has 3 rings (SSSR count). The van der Waals surface area contributed by atoms with Crippen molar-refractivity contribution in [3.8, 4) is 5.69 Å². The summed E-state index contributed by atoms with van der Waals surface area (Å²) < 4.78 is 56.1. The molecule has 1 aliphatic rings. The lowest BCUT2D eigenvalue weighted by Gasteiger charge is -2.21. The number of nitrogens with two attached hydrogens (primary N) is 1. The van der Waals surface area contributed by atoms with Crippen molar-refractivity contribution in [2.45, 2.75) is 32.2 Å². The predicted molar refractivity (Wildman–Crippen MR) is 70.2 cm³/mol. The lowest BCUT2D eigenvalue weighted by Crippen LogP contribution is -2.19. The maximum Gasteiger partial charge on any atom is 0.186 e. The Balaban J connectivity index is 2.32. The Morgan fingerprint density at radius 3 is 2.33 bits per heavy atom. The van der Waals surface area contributed by atoms with Crippen LogP contribution in [0.15, 0.2) is 12.1 Å². The summed E-state index contributed by atoms with van der Waals surface area (Å²) in [6, 6.07) is 1.71. The monoisotopic (exact) mass is 298 g/mol. The fourth-order valence-electron chi connectivity index (χ4n) is 3.01. The maximum absolute atomic E-state index is 14.0. The highest BCUT2D eigenvalue weighted by Gasteiger charge is 2.28. The summed E-state index contributed by atoms with van der Waals surface area (Å²) in [4.78, 5) is 0. The predicted octanol–water partition coefficient (Wildman–Crippen LogP) is 3.68. The minimum atomic E-state index is -1.41. The van der Waals surface area contributed by atoms with E-state index in [1.807, 2.05) is 0 Å². The minimum absolute atomic E-state index is 0.213. The molecule has 1 heterocycles. The first-order valence-corrected chi connectivity index (χ1v) is 6.72. The van der Waals surface area contributed by atoms with Gasteiger partial charge in [-0.15, -0.1) is 0 Å². The summed E-state index contributed by atoms with van der Waals surface area (Å²) in [5.74, 6) is -5.61. The fraction of sp³-hybridized carbons (Fsp3) is 0.333. The molecule has 1 aromatic heterocycles. The number of hydrogen-bond acceptors (Lipinski definition) is 1. The highest BCUT2D eigenvalue weighted by atomic mass is 19.2. The van der Waals surface area contributed by atoms with E-state index >= 15 is 0 Å². The molecular formula is C15H14F4N2. The topological polar surface area (TPSA) is 30.9 Å². The molecule has 21 heavy (non-hydrogen) atoms. The van der Waals surface area contributed by atoms with E-state index in [0.29, 0.717) is 17.8 Å². The van der Waals surface area contributed by atoms with Crippen LogP contribution in [0.1, 0.15) is 35.8 Å². The molecule has 0 aliphatic heterocycles. The molecule has 1 atom stereocenters. The van der Waals surface area contributed by atoms with Gasteiger partial charge in [0.25, 0.3) is 0 Å². The lowest BCUT2D eigenvalue weighted by atomic mass is 9.93. The first-order chi connectivity index (χ1) is 9.91. The van der Waals surface area contributed by atoms with E-state index in [1.54, 1.807) is 13.0 Å². The molecule has 2 nitrogen and oxygen atoms in total. The molecule has 0 saturated heterocycles. The van der Waals surface area contributed by atoms with Crippen molar-refractivity contribution in [3.05, 3.63) is 52.4 Å². The second-order valence-electron chi connectivity index (χ2n) is 5.34. The zero-order valence-corrected chi connectivity index (χ0v) is 11.4. The van der Waals surface area contributed by atoms with Gasteiger partial charge in [-0.05, 0) is 37.8 Å². The molecule has 0 saturated carbocycles. The minimum Gasteiger partial charge on any atom is -0.324 e. The number of nitrogens with zero attached hydrogens (tertiary/aromatic N) is 1. The van der Waals surface area contributed by atoms with Crippen LogP contribution in [0.25, 0.3) is 5.69 Å². The summed E-state index contributed by atoms with van der Waals surface area (Å²) in [6.07, 6.45) is 2.10. The molecule has 0 bridgehead atoms. The Kier molecular flexibility index (Phi) is 3.28. The van der Waals surface area contributed by atoms with Crippen LogP contribution in [0, 0.1) is 30.2 Å². The standard InChI is InChI=1S/C15H14F4N2/c1-7-5-8-11(20)3-2-4-12(8)21(7)15-13(18)9(16)6-10(17)14(15)19/h5-6,11H,2-4,20H2,1H3. The van der Waals surface area contributed by atoms with Gasteiger partial charge in [-0.1, -0.05) is 0 Å². The van der Waals surface area contributed by atoms with Crippen LogP contribution in [0.3, 0.4) is 0 Å². The first-order valence-electron chi connectivity index (χ1n) is 6.72. The molecule has 1 aromatic carbocycles. The van der Waals surface area contributed by atoms with Gasteiger partial charge in [-0.2, -0.15) is 0 Å². The molecule has 112 valence electrons. The summed E-state index contributed by atoms with van der Waals surface area (Å²) >= 11 is 0. The second kappa shape index (κ2) is 4.87. The van der Waals surface area contributed by atoms with Gasteiger partial charge >= 0.3 is 0 Å². The number of halogens is 4. The van der Waals surface area contributed by atoms with Crippen molar-refractivity contribution in [2.75, 3.05) is 0 Å². The lowest BCUT2D eigenvalue weighted by molar-refractivity contribution is 0.445. The number of rotatable bonds is 1. The molecule has 2 N–H and O–H groups in total. The summed E-state index contributed by atoms with van der Waals surface area (Å²) in [5.41, 5.74) is 7.19. The zero-order valence-electron chi connectivity index (χ0n) is 11.4. The SMILES string of the molecule is Cc1cc2c(n1-c1c(F)c(F)cc(F)c1F)CCCC2N. The Hall–Kier alpha value is -1.82. The Morgan fingerprint density at radius 2 is 1.71 bits per heavy atom. The van der Waals surface area contributed by atoms with Gasteiger partial charge in [0.15, 0.2) is 23.3 Å². The van der Waals surface area contributed by atoms with Crippen LogP contribution in [-0.4, -0.2) is 4.57 Å². The molecule has 0 radical (unpaired) electrons. The third kappa shape index (κ3) is 2.05. The summed E-state index contributed by atoms with van der Waals surface area (Å²) in [6.45, 7) is 1.63. The van der Waals surface area contributed by atoms with Gasteiger partial charge in [0.05, 0.1) is 0 Å². The quantitative estimate of drug-likeness (QED) is 0.632. The van der Waals surface area contributed by atoms with Crippen molar-refractivity contribution >= 4 is 0 Å². The number of aromatic nitrogens is 1. The van der Waals surface area contributed by atoms with Crippen LogP contribution in [-0.2, 0) is 6.42 Å². The third-order valence-electron chi connectivity index (χ3n) is 3.96. The highest BCUT2D eigenvalue weighted by molar-refractivity contribution is 5.45. The van der Waals surface area contributed by atoms with Gasteiger partial charge in [-0.25, -0.2) is 17.6 Å². The van der Waals surface area contributed by atoms with Crippen LogP contribution in [0.2, 0.25) is 0 Å². The highest BCUT2D eigenvalue weighted by Crippen LogP contribution is 2.35. The fourth-order valence-corrected chi connectivity index (χ4v) is 3.01. The van der Waals surface area contributed by atoms with Gasteiger partial charge in [0, 0.05) is 23.5 Å².